The lowest BCUT2D eigenvalue weighted by Gasteiger charge is -2.38. The highest BCUT2D eigenvalue weighted by atomic mass is 32.2. The first kappa shape index (κ1) is 28.7. The number of hydrogen-bond acceptors (Lipinski definition) is 8. The molecule has 10 heteroatoms. The van der Waals surface area contributed by atoms with Gasteiger partial charge < -0.3 is 14.9 Å². The van der Waals surface area contributed by atoms with E-state index < -0.39 is 33.5 Å². The molecule has 0 aromatic heterocycles. The minimum absolute atomic E-state index is 0.00899. The third-order valence-electron chi connectivity index (χ3n) is 4.83. The molecule has 0 rings (SSSR count). The van der Waals surface area contributed by atoms with E-state index in [4.69, 9.17) is 22.1 Å². The number of carboxylic acids is 2. The Morgan fingerprint density at radius 1 is 1.17 bits per heavy atom. The maximum absolute atomic E-state index is 12.6. The molecule has 0 aromatic rings. The fourth-order valence-corrected chi connectivity index (χ4v) is 6.63. The Bertz CT molecular complexity index is 695. The van der Waals surface area contributed by atoms with Gasteiger partial charge in [0.05, 0.1) is 24.0 Å². The number of methoxy groups -OCH3 is 1. The van der Waals surface area contributed by atoms with Crippen molar-refractivity contribution in [1.29, 1.82) is 5.26 Å². The molecule has 0 aromatic carbocycles. The summed E-state index contributed by atoms with van der Waals surface area (Å²) in [4.78, 5) is 35.8. The van der Waals surface area contributed by atoms with Crippen molar-refractivity contribution in [2.24, 2.45) is 10.8 Å². The molecule has 7 nitrogen and oxygen atoms in total. The minimum Gasteiger partial charge on any atom is -0.481 e. The zero-order valence-electron chi connectivity index (χ0n) is 18.1. The van der Waals surface area contributed by atoms with Gasteiger partial charge in [0.1, 0.15) is 8.28 Å². The van der Waals surface area contributed by atoms with E-state index in [1.54, 1.807) is 13.8 Å². The molecule has 3 atom stereocenters. The van der Waals surface area contributed by atoms with E-state index >= 15 is 0 Å². The molecule has 0 heterocycles. The van der Waals surface area contributed by atoms with Crippen molar-refractivity contribution >= 4 is 57.2 Å². The molecule has 170 valence electrons. The van der Waals surface area contributed by atoms with Crippen LogP contribution in [0.1, 0.15) is 66.2 Å². The van der Waals surface area contributed by atoms with Gasteiger partial charge in [0.25, 0.3) is 0 Å². The van der Waals surface area contributed by atoms with Gasteiger partial charge in [0.2, 0.25) is 0 Å². The Balaban J connectivity index is 5.76. The average Bonchev–Trinajstić information content (AvgIpc) is 2.65. The van der Waals surface area contributed by atoms with Gasteiger partial charge in [0.15, 0.2) is 0 Å². The fraction of sp³-hybridized carbons (Fsp3) is 0.750. The first-order valence-corrected chi connectivity index (χ1v) is 11.8. The standard InChI is InChI=1S/C20H31NO6S3/c1-6-7-10-29-17(28)30-20(4,16(26)27-5)12-19(3,15(24)25)11-18(2,13-21)9-8-14(22)23/h6-12H2,1-5H3,(H,22,23)(H,24,25). The second-order valence-corrected chi connectivity index (χ2v) is 11.9. The van der Waals surface area contributed by atoms with Gasteiger partial charge in [-0.25, -0.2) is 0 Å². The molecular formula is C20H31NO6S3. The second kappa shape index (κ2) is 12.5. The number of nitriles is 1. The van der Waals surface area contributed by atoms with Crippen molar-refractivity contribution in [3.63, 3.8) is 0 Å². The van der Waals surface area contributed by atoms with Crippen LogP contribution in [-0.2, 0) is 19.1 Å². The van der Waals surface area contributed by atoms with Gasteiger partial charge in [-0.3, -0.25) is 14.4 Å². The normalized spacial score (nSPS) is 16.9. The van der Waals surface area contributed by atoms with Gasteiger partial charge in [-0.1, -0.05) is 37.3 Å². The molecule has 0 aliphatic carbocycles. The average molecular weight is 478 g/mol. The molecule has 0 aliphatic heterocycles. The van der Waals surface area contributed by atoms with Crippen LogP contribution >= 0.6 is 35.7 Å². The molecule has 3 unspecified atom stereocenters. The zero-order valence-corrected chi connectivity index (χ0v) is 20.6. The van der Waals surface area contributed by atoms with Gasteiger partial charge in [-0.05, 0) is 52.2 Å². The summed E-state index contributed by atoms with van der Waals surface area (Å²) >= 11 is 7.94. The van der Waals surface area contributed by atoms with E-state index in [2.05, 4.69) is 13.0 Å². The van der Waals surface area contributed by atoms with Crippen LogP contribution in [0.3, 0.4) is 0 Å². The molecule has 0 saturated heterocycles. The molecule has 0 saturated carbocycles. The van der Waals surface area contributed by atoms with Gasteiger partial charge in [0, 0.05) is 6.42 Å². The van der Waals surface area contributed by atoms with E-state index in [9.17, 15) is 24.8 Å². The van der Waals surface area contributed by atoms with Crippen LogP contribution in [0, 0.1) is 22.2 Å². The number of carbonyl (C=O) groups is 3. The number of thiocarbonyl (C=S) groups is 1. The van der Waals surface area contributed by atoms with Crippen LogP contribution in [0.4, 0.5) is 0 Å². The Hall–Kier alpha value is -1.31. The topological polar surface area (TPSA) is 125 Å². The second-order valence-electron chi connectivity index (χ2n) is 8.06. The number of rotatable bonds is 13. The molecular weight excluding hydrogens is 446 g/mol. The largest absolute Gasteiger partial charge is 0.481 e. The number of esters is 1. The van der Waals surface area contributed by atoms with E-state index in [-0.39, 0.29) is 25.7 Å². The maximum Gasteiger partial charge on any atom is 0.322 e. The van der Waals surface area contributed by atoms with Crippen molar-refractivity contribution < 1.29 is 29.3 Å². The Labute approximate surface area is 192 Å². The van der Waals surface area contributed by atoms with Gasteiger partial charge >= 0.3 is 17.9 Å². The van der Waals surface area contributed by atoms with Crippen LogP contribution in [0.2, 0.25) is 0 Å². The molecule has 0 bridgehead atoms. The molecule has 0 radical (unpaired) electrons. The zero-order chi connectivity index (χ0) is 23.6. The van der Waals surface area contributed by atoms with Gasteiger partial charge in [-0.2, -0.15) is 5.26 Å². The van der Waals surface area contributed by atoms with Crippen LogP contribution in [-0.4, -0.2) is 49.3 Å². The Kier molecular flexibility index (Phi) is 12.0. The van der Waals surface area contributed by atoms with E-state index in [0.29, 0.717) is 3.53 Å². The van der Waals surface area contributed by atoms with Crippen LogP contribution in [0.25, 0.3) is 0 Å². The molecule has 0 amide bonds. The summed E-state index contributed by atoms with van der Waals surface area (Å²) in [5.41, 5.74) is -2.65. The summed E-state index contributed by atoms with van der Waals surface area (Å²) < 4.78 is 4.20. The number of carboxylic acid groups (broad SMARTS) is 2. The first-order chi connectivity index (χ1) is 13.8. The maximum atomic E-state index is 12.6. The van der Waals surface area contributed by atoms with E-state index in [1.807, 2.05) is 0 Å². The first-order valence-electron chi connectivity index (χ1n) is 9.58. The summed E-state index contributed by atoms with van der Waals surface area (Å²) in [5, 5.41) is 28.5. The summed E-state index contributed by atoms with van der Waals surface area (Å²) in [6, 6.07) is 2.07. The minimum atomic E-state index is -1.47. The third-order valence-corrected chi connectivity index (χ3v) is 7.69. The van der Waals surface area contributed by atoms with Crippen molar-refractivity contribution in [3.05, 3.63) is 0 Å². The molecule has 30 heavy (non-hydrogen) atoms. The van der Waals surface area contributed by atoms with Crippen molar-refractivity contribution in [2.45, 2.75) is 71.0 Å². The number of ether oxygens (including phenoxy) is 1. The van der Waals surface area contributed by atoms with Crippen molar-refractivity contribution in [2.75, 3.05) is 12.9 Å². The number of nitrogens with zero attached hydrogens (tertiary/aromatic N) is 1. The summed E-state index contributed by atoms with van der Waals surface area (Å²) in [7, 11) is 1.23. The lowest BCUT2D eigenvalue weighted by molar-refractivity contribution is -0.152. The lowest BCUT2D eigenvalue weighted by atomic mass is 9.68. The monoisotopic (exact) mass is 477 g/mol. The molecule has 0 spiro atoms. The SMILES string of the molecule is CCCCSC(=S)SC(C)(CC(C)(CC(C)(C#N)CCC(=O)O)C(=O)O)C(=O)OC. The Morgan fingerprint density at radius 3 is 2.20 bits per heavy atom. The fourth-order valence-electron chi connectivity index (χ4n) is 3.27. The highest BCUT2D eigenvalue weighted by molar-refractivity contribution is 8.47. The predicted molar refractivity (Wildman–Crippen MR) is 124 cm³/mol. The lowest BCUT2D eigenvalue weighted by Crippen LogP contribution is -2.44. The summed E-state index contributed by atoms with van der Waals surface area (Å²) in [6.45, 7) is 6.67. The number of aliphatic carboxylic acids is 2. The number of unbranched alkanes of at least 4 members (excludes halogenated alkanes) is 1. The van der Waals surface area contributed by atoms with Crippen LogP contribution in [0.5, 0.6) is 0 Å². The molecule has 2 N–H and O–H groups in total. The van der Waals surface area contributed by atoms with Gasteiger partial charge in [-0.15, -0.1) is 11.8 Å². The Morgan fingerprint density at radius 2 is 1.77 bits per heavy atom. The molecule has 0 aliphatic rings. The third kappa shape index (κ3) is 9.23. The highest BCUT2D eigenvalue weighted by Gasteiger charge is 2.49. The number of thioether (sulfide) groups is 2. The van der Waals surface area contributed by atoms with Crippen LogP contribution in [0.15, 0.2) is 0 Å². The van der Waals surface area contributed by atoms with Crippen molar-refractivity contribution in [3.8, 4) is 6.07 Å². The van der Waals surface area contributed by atoms with E-state index in [1.165, 1.54) is 25.8 Å². The predicted octanol–water partition coefficient (Wildman–Crippen LogP) is 4.74. The van der Waals surface area contributed by atoms with Crippen molar-refractivity contribution in [1.82, 2.24) is 0 Å². The van der Waals surface area contributed by atoms with Crippen LogP contribution < -0.4 is 0 Å². The molecule has 0 fully saturated rings. The summed E-state index contributed by atoms with van der Waals surface area (Å²) in [6.07, 6.45) is 1.51. The highest BCUT2D eigenvalue weighted by Crippen LogP contribution is 2.47. The summed E-state index contributed by atoms with van der Waals surface area (Å²) in [5.74, 6) is -2.02. The quantitative estimate of drug-likeness (QED) is 0.218. The van der Waals surface area contributed by atoms with E-state index in [0.717, 1.165) is 30.4 Å². The number of carbonyl (C=O) groups excluding carboxylic acids is 1. The smallest absolute Gasteiger partial charge is 0.322 e. The number of hydrogen-bond donors (Lipinski definition) is 2.